The van der Waals surface area contributed by atoms with E-state index in [1.54, 1.807) is 23.1 Å². The van der Waals surface area contributed by atoms with Crippen molar-refractivity contribution in [1.82, 2.24) is 24.8 Å². The predicted octanol–water partition coefficient (Wildman–Crippen LogP) is 4.67. The van der Waals surface area contributed by atoms with Gasteiger partial charge in [-0.3, -0.25) is 9.20 Å². The Labute approximate surface area is 192 Å². The molecule has 1 aliphatic rings. The van der Waals surface area contributed by atoms with Crippen molar-refractivity contribution in [2.45, 2.75) is 51.1 Å². The number of nitrogens with one attached hydrogen (secondary N) is 2. The van der Waals surface area contributed by atoms with Crippen LogP contribution >= 0.6 is 11.6 Å². The second kappa shape index (κ2) is 9.56. The average Bonchev–Trinajstić information content (AvgIpc) is 3.23. The number of anilines is 1. The van der Waals surface area contributed by atoms with E-state index in [1.165, 1.54) is 6.42 Å². The lowest BCUT2D eigenvalue weighted by Crippen LogP contribution is -2.38. The van der Waals surface area contributed by atoms with Crippen LogP contribution in [0.1, 0.15) is 61.3 Å². The zero-order valence-electron chi connectivity index (χ0n) is 18.2. The van der Waals surface area contributed by atoms with Crippen molar-refractivity contribution < 1.29 is 9.59 Å². The van der Waals surface area contributed by atoms with E-state index in [2.05, 4.69) is 20.8 Å². The summed E-state index contributed by atoms with van der Waals surface area (Å²) in [5, 5.41) is 14.2. The summed E-state index contributed by atoms with van der Waals surface area (Å²) in [5.41, 5.74) is 1.65. The second-order valence-corrected chi connectivity index (χ2v) is 8.62. The summed E-state index contributed by atoms with van der Waals surface area (Å²) in [6.45, 7) is 1.83. The van der Waals surface area contributed by atoms with Crippen LogP contribution in [0.4, 0.5) is 10.5 Å². The molecule has 0 aliphatic heterocycles. The van der Waals surface area contributed by atoms with Gasteiger partial charge in [-0.05, 0) is 50.1 Å². The van der Waals surface area contributed by atoms with Gasteiger partial charge in [0, 0.05) is 25.0 Å². The molecule has 0 radical (unpaired) electrons. The maximum absolute atomic E-state index is 12.9. The summed E-state index contributed by atoms with van der Waals surface area (Å²) < 4.78 is 1.82. The number of aromatic nitrogens is 3. The molecule has 2 heterocycles. The van der Waals surface area contributed by atoms with Gasteiger partial charge in [-0.1, -0.05) is 36.9 Å². The molecule has 0 bridgehead atoms. The van der Waals surface area contributed by atoms with Gasteiger partial charge in [0.1, 0.15) is 0 Å². The smallest absolute Gasteiger partial charge is 0.319 e. The SMILES string of the molecule is CC(NC(=O)Nc1ccc(C(=O)N(C)C2CCCCC2)c(Cl)c1)c1nnc2ccccn12. The number of rotatable bonds is 5. The standard InChI is InChI=1S/C23H27ClN6O2/c1-15(21-28-27-20-10-6-7-13-30(20)21)25-23(32)26-16-11-12-18(19(24)14-16)22(31)29(2)17-8-4-3-5-9-17/h6-7,10-15,17H,3-5,8-9H2,1-2H3,(H2,25,26,32). The number of hydrogen-bond acceptors (Lipinski definition) is 4. The van der Waals surface area contributed by atoms with Gasteiger partial charge in [-0.25, -0.2) is 4.79 Å². The molecule has 3 amide bonds. The molecule has 1 aromatic carbocycles. The van der Waals surface area contributed by atoms with Crippen LogP contribution in [0.25, 0.3) is 5.65 Å². The van der Waals surface area contributed by atoms with Crippen LogP contribution in [-0.2, 0) is 0 Å². The minimum absolute atomic E-state index is 0.0924. The number of urea groups is 1. The molecule has 3 aromatic rings. The summed E-state index contributed by atoms with van der Waals surface area (Å²) in [6, 6.07) is 10.0. The predicted molar refractivity (Wildman–Crippen MR) is 124 cm³/mol. The van der Waals surface area contributed by atoms with Crippen LogP contribution in [0.15, 0.2) is 42.6 Å². The number of fused-ring (bicyclic) bond motifs is 1. The molecule has 0 saturated heterocycles. The number of halogens is 1. The first kappa shape index (κ1) is 22.1. The van der Waals surface area contributed by atoms with Crippen molar-refractivity contribution in [1.29, 1.82) is 0 Å². The molecular formula is C23H27ClN6O2. The molecule has 4 rings (SSSR count). The first-order valence-electron chi connectivity index (χ1n) is 10.9. The third-order valence-corrected chi connectivity index (χ3v) is 6.29. The van der Waals surface area contributed by atoms with Gasteiger partial charge in [0.15, 0.2) is 11.5 Å². The number of benzene rings is 1. The van der Waals surface area contributed by atoms with Gasteiger partial charge in [0.25, 0.3) is 5.91 Å². The molecule has 2 N–H and O–H groups in total. The molecule has 9 heteroatoms. The number of carbonyl (C=O) groups excluding carboxylic acids is 2. The highest BCUT2D eigenvalue weighted by Crippen LogP contribution is 2.26. The third-order valence-electron chi connectivity index (χ3n) is 5.98. The molecular weight excluding hydrogens is 428 g/mol. The van der Waals surface area contributed by atoms with E-state index in [0.29, 0.717) is 27.7 Å². The summed E-state index contributed by atoms with van der Waals surface area (Å²) in [6.07, 6.45) is 7.43. The van der Waals surface area contributed by atoms with Gasteiger partial charge in [0.2, 0.25) is 0 Å². The Morgan fingerprint density at radius 1 is 1.16 bits per heavy atom. The number of hydrogen-bond donors (Lipinski definition) is 2. The fraction of sp³-hybridized carbons (Fsp3) is 0.391. The van der Waals surface area contributed by atoms with Crippen molar-refractivity contribution >= 4 is 34.9 Å². The molecule has 32 heavy (non-hydrogen) atoms. The molecule has 2 aromatic heterocycles. The number of amides is 3. The minimum atomic E-state index is -0.403. The highest BCUT2D eigenvalue weighted by Gasteiger charge is 2.24. The summed E-state index contributed by atoms with van der Waals surface area (Å²) in [4.78, 5) is 27.2. The largest absolute Gasteiger partial charge is 0.339 e. The van der Waals surface area contributed by atoms with E-state index in [4.69, 9.17) is 11.6 Å². The molecule has 1 unspecified atom stereocenters. The number of carbonyl (C=O) groups is 2. The lowest BCUT2D eigenvalue weighted by Gasteiger charge is -2.31. The lowest BCUT2D eigenvalue weighted by molar-refractivity contribution is 0.0696. The van der Waals surface area contributed by atoms with Crippen LogP contribution in [0, 0.1) is 0 Å². The maximum Gasteiger partial charge on any atom is 0.319 e. The summed E-state index contributed by atoms with van der Waals surface area (Å²) in [7, 11) is 1.84. The van der Waals surface area contributed by atoms with E-state index >= 15 is 0 Å². The van der Waals surface area contributed by atoms with Crippen LogP contribution in [-0.4, -0.2) is 44.5 Å². The van der Waals surface area contributed by atoms with Crippen molar-refractivity contribution in [3.63, 3.8) is 0 Å². The number of pyridine rings is 1. The molecule has 1 atom stereocenters. The molecule has 1 aliphatic carbocycles. The Balaban J connectivity index is 1.39. The van der Waals surface area contributed by atoms with E-state index in [0.717, 1.165) is 25.7 Å². The monoisotopic (exact) mass is 454 g/mol. The van der Waals surface area contributed by atoms with Crippen LogP contribution in [0.2, 0.25) is 5.02 Å². The summed E-state index contributed by atoms with van der Waals surface area (Å²) >= 11 is 6.40. The van der Waals surface area contributed by atoms with E-state index < -0.39 is 6.03 Å². The normalized spacial score (nSPS) is 15.3. The minimum Gasteiger partial charge on any atom is -0.339 e. The third kappa shape index (κ3) is 4.70. The van der Waals surface area contributed by atoms with Crippen molar-refractivity contribution in [3.05, 3.63) is 59.0 Å². The fourth-order valence-electron chi connectivity index (χ4n) is 4.17. The Morgan fingerprint density at radius 2 is 1.94 bits per heavy atom. The van der Waals surface area contributed by atoms with Crippen LogP contribution in [0.3, 0.4) is 0 Å². The Bertz CT molecular complexity index is 1120. The molecule has 1 fully saturated rings. The Kier molecular flexibility index (Phi) is 6.60. The van der Waals surface area contributed by atoms with E-state index in [9.17, 15) is 9.59 Å². The zero-order valence-corrected chi connectivity index (χ0v) is 19.0. The van der Waals surface area contributed by atoms with Crippen molar-refractivity contribution in [3.8, 4) is 0 Å². The summed E-state index contributed by atoms with van der Waals surface area (Å²) in [5.74, 6) is 0.533. The van der Waals surface area contributed by atoms with E-state index in [1.807, 2.05) is 42.8 Å². The van der Waals surface area contributed by atoms with Gasteiger partial charge in [-0.15, -0.1) is 10.2 Å². The topological polar surface area (TPSA) is 91.6 Å². The molecule has 168 valence electrons. The van der Waals surface area contributed by atoms with Gasteiger partial charge in [0.05, 0.1) is 16.6 Å². The quantitative estimate of drug-likeness (QED) is 0.586. The van der Waals surface area contributed by atoms with Crippen LogP contribution < -0.4 is 10.6 Å². The van der Waals surface area contributed by atoms with Crippen LogP contribution in [0.5, 0.6) is 0 Å². The van der Waals surface area contributed by atoms with Crippen molar-refractivity contribution in [2.75, 3.05) is 12.4 Å². The highest BCUT2D eigenvalue weighted by molar-refractivity contribution is 6.34. The molecule has 8 nitrogen and oxygen atoms in total. The Morgan fingerprint density at radius 3 is 2.69 bits per heavy atom. The fourth-order valence-corrected chi connectivity index (χ4v) is 4.44. The highest BCUT2D eigenvalue weighted by atomic mass is 35.5. The van der Waals surface area contributed by atoms with Gasteiger partial charge >= 0.3 is 6.03 Å². The van der Waals surface area contributed by atoms with Gasteiger partial charge < -0.3 is 15.5 Å². The molecule has 1 saturated carbocycles. The zero-order chi connectivity index (χ0) is 22.7. The average molecular weight is 455 g/mol. The van der Waals surface area contributed by atoms with Gasteiger partial charge in [-0.2, -0.15) is 0 Å². The van der Waals surface area contributed by atoms with E-state index in [-0.39, 0.29) is 18.0 Å². The van der Waals surface area contributed by atoms with Crippen molar-refractivity contribution in [2.24, 2.45) is 0 Å². The Hall–Kier alpha value is -3.13. The first-order valence-corrected chi connectivity index (χ1v) is 11.3. The number of nitrogens with zero attached hydrogens (tertiary/aromatic N) is 4. The first-order chi connectivity index (χ1) is 15.4. The lowest BCUT2D eigenvalue weighted by atomic mass is 9.94. The second-order valence-electron chi connectivity index (χ2n) is 8.21. The molecule has 0 spiro atoms. The maximum atomic E-state index is 12.9.